The SMILES string of the molecule is Nc1nc(=O)[nH]cc1/C=C/C(=O)O. The minimum absolute atomic E-state index is 0.00116. The van der Waals surface area contributed by atoms with Gasteiger partial charge in [0.1, 0.15) is 5.82 Å². The first-order valence-corrected chi connectivity index (χ1v) is 3.36. The molecule has 0 aliphatic rings. The number of nitrogens with one attached hydrogen (secondary N) is 1. The second-order valence-electron chi connectivity index (χ2n) is 2.22. The van der Waals surface area contributed by atoms with Crippen LogP contribution in [-0.2, 0) is 4.79 Å². The second-order valence-corrected chi connectivity index (χ2v) is 2.22. The minimum Gasteiger partial charge on any atom is -0.478 e. The van der Waals surface area contributed by atoms with Gasteiger partial charge in [0.05, 0.1) is 0 Å². The van der Waals surface area contributed by atoms with Gasteiger partial charge in [-0.15, -0.1) is 0 Å². The maximum absolute atomic E-state index is 10.6. The zero-order valence-electron chi connectivity index (χ0n) is 6.52. The van der Waals surface area contributed by atoms with Crippen molar-refractivity contribution in [3.63, 3.8) is 0 Å². The molecule has 0 aromatic carbocycles. The molecule has 0 saturated heterocycles. The molecular formula is C7H7N3O3. The number of nitrogen functional groups attached to an aromatic ring is 1. The van der Waals surface area contributed by atoms with Crippen LogP contribution in [0.1, 0.15) is 5.56 Å². The van der Waals surface area contributed by atoms with Gasteiger partial charge in [-0.1, -0.05) is 0 Å². The molecule has 0 radical (unpaired) electrons. The Morgan fingerprint density at radius 3 is 2.92 bits per heavy atom. The van der Waals surface area contributed by atoms with Gasteiger partial charge in [0, 0.05) is 17.8 Å². The lowest BCUT2D eigenvalue weighted by molar-refractivity contribution is -0.131. The number of carboxylic acids is 1. The first kappa shape index (κ1) is 8.98. The lowest BCUT2D eigenvalue weighted by Gasteiger charge is -1.95. The highest BCUT2D eigenvalue weighted by atomic mass is 16.4. The standard InChI is InChI=1S/C7H7N3O3/c8-6-4(1-2-5(11)12)3-9-7(13)10-6/h1-3H,(H,11,12)(H3,8,9,10,13)/b2-1+. The Morgan fingerprint density at radius 2 is 2.38 bits per heavy atom. The number of carboxylic acid groups (broad SMARTS) is 1. The second kappa shape index (κ2) is 3.53. The number of nitrogens with two attached hydrogens (primary N) is 1. The van der Waals surface area contributed by atoms with E-state index in [9.17, 15) is 9.59 Å². The number of aromatic amines is 1. The van der Waals surface area contributed by atoms with Gasteiger partial charge < -0.3 is 15.8 Å². The van der Waals surface area contributed by atoms with Crippen LogP contribution < -0.4 is 11.4 Å². The molecule has 4 N–H and O–H groups in total. The molecule has 68 valence electrons. The van der Waals surface area contributed by atoms with E-state index < -0.39 is 11.7 Å². The van der Waals surface area contributed by atoms with E-state index >= 15 is 0 Å². The van der Waals surface area contributed by atoms with Gasteiger partial charge in [-0.2, -0.15) is 4.98 Å². The zero-order chi connectivity index (χ0) is 9.84. The van der Waals surface area contributed by atoms with Crippen molar-refractivity contribution >= 4 is 17.9 Å². The quantitative estimate of drug-likeness (QED) is 0.530. The number of nitrogens with zero attached hydrogens (tertiary/aromatic N) is 1. The Hall–Kier alpha value is -2.11. The molecule has 0 saturated carbocycles. The summed E-state index contributed by atoms with van der Waals surface area (Å²) in [5, 5.41) is 8.30. The topological polar surface area (TPSA) is 109 Å². The van der Waals surface area contributed by atoms with E-state index in [2.05, 4.69) is 9.97 Å². The van der Waals surface area contributed by atoms with E-state index in [-0.39, 0.29) is 5.82 Å². The van der Waals surface area contributed by atoms with Gasteiger partial charge in [0.2, 0.25) is 0 Å². The van der Waals surface area contributed by atoms with Crippen LogP contribution in [0.25, 0.3) is 6.08 Å². The van der Waals surface area contributed by atoms with E-state index in [1.165, 1.54) is 12.3 Å². The summed E-state index contributed by atoms with van der Waals surface area (Å²) in [6.45, 7) is 0. The molecule has 1 aromatic heterocycles. The van der Waals surface area contributed by atoms with Crippen LogP contribution in [0.4, 0.5) is 5.82 Å². The first-order chi connectivity index (χ1) is 6.09. The molecule has 0 aliphatic carbocycles. The third kappa shape index (κ3) is 2.44. The van der Waals surface area contributed by atoms with Gasteiger partial charge in [-0.25, -0.2) is 9.59 Å². The predicted molar refractivity (Wildman–Crippen MR) is 45.9 cm³/mol. The van der Waals surface area contributed by atoms with Crippen molar-refractivity contribution in [1.82, 2.24) is 9.97 Å². The highest BCUT2D eigenvalue weighted by Crippen LogP contribution is 2.04. The van der Waals surface area contributed by atoms with Crippen molar-refractivity contribution < 1.29 is 9.90 Å². The molecule has 6 nitrogen and oxygen atoms in total. The lowest BCUT2D eigenvalue weighted by Crippen LogP contribution is -2.12. The Morgan fingerprint density at radius 1 is 1.69 bits per heavy atom. The average molecular weight is 181 g/mol. The molecule has 0 amide bonds. The third-order valence-electron chi connectivity index (χ3n) is 1.27. The fourth-order valence-electron chi connectivity index (χ4n) is 0.714. The van der Waals surface area contributed by atoms with Crippen molar-refractivity contribution in [2.24, 2.45) is 0 Å². The van der Waals surface area contributed by atoms with Crippen molar-refractivity contribution in [3.8, 4) is 0 Å². The van der Waals surface area contributed by atoms with Gasteiger partial charge in [-0.05, 0) is 6.08 Å². The highest BCUT2D eigenvalue weighted by molar-refractivity contribution is 5.86. The van der Waals surface area contributed by atoms with Crippen molar-refractivity contribution in [2.75, 3.05) is 5.73 Å². The van der Waals surface area contributed by atoms with Crippen LogP contribution >= 0.6 is 0 Å². The van der Waals surface area contributed by atoms with Gasteiger partial charge in [0.15, 0.2) is 0 Å². The molecule has 0 bridgehead atoms. The molecule has 0 fully saturated rings. The lowest BCUT2D eigenvalue weighted by atomic mass is 10.3. The van der Waals surface area contributed by atoms with Crippen LogP contribution in [0.3, 0.4) is 0 Å². The van der Waals surface area contributed by atoms with E-state index in [0.29, 0.717) is 5.56 Å². The summed E-state index contributed by atoms with van der Waals surface area (Å²) in [4.78, 5) is 26.4. The van der Waals surface area contributed by atoms with E-state index in [1.807, 2.05) is 0 Å². The summed E-state index contributed by atoms with van der Waals surface area (Å²) in [7, 11) is 0. The summed E-state index contributed by atoms with van der Waals surface area (Å²) in [6, 6.07) is 0. The van der Waals surface area contributed by atoms with Crippen LogP contribution in [0.15, 0.2) is 17.1 Å². The van der Waals surface area contributed by atoms with Gasteiger partial charge in [0.25, 0.3) is 0 Å². The van der Waals surface area contributed by atoms with Crippen LogP contribution in [-0.4, -0.2) is 21.0 Å². The molecule has 0 atom stereocenters. The number of anilines is 1. The number of rotatable bonds is 2. The number of H-pyrrole nitrogens is 1. The molecular weight excluding hydrogens is 174 g/mol. The summed E-state index contributed by atoms with van der Waals surface area (Å²) < 4.78 is 0. The molecule has 1 aromatic rings. The van der Waals surface area contributed by atoms with E-state index in [1.54, 1.807) is 0 Å². The Balaban J connectivity index is 3.03. The normalized spacial score (nSPS) is 10.5. The number of aliphatic carboxylic acids is 1. The largest absolute Gasteiger partial charge is 0.478 e. The maximum atomic E-state index is 10.6. The molecule has 0 spiro atoms. The Bertz CT molecular complexity index is 408. The molecule has 13 heavy (non-hydrogen) atoms. The van der Waals surface area contributed by atoms with Crippen molar-refractivity contribution in [3.05, 3.63) is 28.3 Å². The number of hydrogen-bond acceptors (Lipinski definition) is 4. The summed E-state index contributed by atoms with van der Waals surface area (Å²) in [6.07, 6.45) is 3.45. The molecule has 1 rings (SSSR count). The van der Waals surface area contributed by atoms with Crippen molar-refractivity contribution in [2.45, 2.75) is 0 Å². The summed E-state index contributed by atoms with van der Waals surface area (Å²) >= 11 is 0. The van der Waals surface area contributed by atoms with E-state index in [4.69, 9.17) is 10.8 Å². The first-order valence-electron chi connectivity index (χ1n) is 3.36. The van der Waals surface area contributed by atoms with Crippen LogP contribution in [0, 0.1) is 0 Å². The van der Waals surface area contributed by atoms with E-state index in [0.717, 1.165) is 6.08 Å². The maximum Gasteiger partial charge on any atom is 0.346 e. The summed E-state index contributed by atoms with van der Waals surface area (Å²) in [5.74, 6) is -1.09. The Labute approximate surface area is 72.7 Å². The summed E-state index contributed by atoms with van der Waals surface area (Å²) in [5.41, 5.74) is 5.13. The zero-order valence-corrected chi connectivity index (χ0v) is 6.52. The molecule has 6 heteroatoms. The smallest absolute Gasteiger partial charge is 0.346 e. The average Bonchev–Trinajstić information content (AvgIpc) is 2.02. The molecule has 0 aliphatic heterocycles. The number of aromatic nitrogens is 2. The molecule has 1 heterocycles. The van der Waals surface area contributed by atoms with Crippen LogP contribution in [0.2, 0.25) is 0 Å². The fraction of sp³-hybridized carbons (Fsp3) is 0. The number of carbonyl (C=O) groups is 1. The monoisotopic (exact) mass is 181 g/mol. The molecule has 0 unspecified atom stereocenters. The highest BCUT2D eigenvalue weighted by Gasteiger charge is 1.97. The van der Waals surface area contributed by atoms with Crippen LogP contribution in [0.5, 0.6) is 0 Å². The van der Waals surface area contributed by atoms with Gasteiger partial charge >= 0.3 is 11.7 Å². The van der Waals surface area contributed by atoms with Crippen molar-refractivity contribution in [1.29, 1.82) is 0 Å². The Kier molecular flexibility index (Phi) is 2.44. The minimum atomic E-state index is -1.09. The number of hydrogen-bond donors (Lipinski definition) is 3. The third-order valence-corrected chi connectivity index (χ3v) is 1.27. The predicted octanol–water partition coefficient (Wildman–Crippen LogP) is -0.550. The fourth-order valence-corrected chi connectivity index (χ4v) is 0.714. The van der Waals surface area contributed by atoms with Gasteiger partial charge in [-0.3, -0.25) is 0 Å².